The molecule has 0 unspecified atom stereocenters. The molecule has 0 saturated heterocycles. The standard InChI is InChI=1S/C17H22ClNO4S/c1-17(2,3)23-16(21)19-9-11-5-6-13(18)15(12(11)10-19)24-8-7-14(20)22-4/h5-6H,7-10H2,1-4H3. The number of carbonyl (C=O) groups is 2. The van der Waals surface area contributed by atoms with Crippen LogP contribution in [0.2, 0.25) is 5.02 Å². The molecule has 0 radical (unpaired) electrons. The number of halogens is 1. The molecule has 7 heteroatoms. The highest BCUT2D eigenvalue weighted by atomic mass is 35.5. The van der Waals surface area contributed by atoms with Crippen LogP contribution in [0, 0.1) is 0 Å². The van der Waals surface area contributed by atoms with Gasteiger partial charge in [0.1, 0.15) is 5.60 Å². The van der Waals surface area contributed by atoms with Crippen LogP contribution in [0.5, 0.6) is 0 Å². The van der Waals surface area contributed by atoms with E-state index in [0.29, 0.717) is 30.3 Å². The van der Waals surface area contributed by atoms with Gasteiger partial charge in [-0.15, -0.1) is 11.8 Å². The predicted molar refractivity (Wildman–Crippen MR) is 94.3 cm³/mol. The molecule has 0 atom stereocenters. The third kappa shape index (κ3) is 4.80. The number of rotatable bonds is 4. The molecule has 1 aliphatic rings. The zero-order chi connectivity index (χ0) is 17.9. The summed E-state index contributed by atoms with van der Waals surface area (Å²) < 4.78 is 10.1. The number of fused-ring (bicyclic) bond motifs is 1. The van der Waals surface area contributed by atoms with E-state index in [-0.39, 0.29) is 12.1 Å². The second kappa shape index (κ2) is 7.66. The van der Waals surface area contributed by atoms with Crippen molar-refractivity contribution in [2.75, 3.05) is 12.9 Å². The Morgan fingerprint density at radius 2 is 2.00 bits per heavy atom. The van der Waals surface area contributed by atoms with Gasteiger partial charge in [-0.25, -0.2) is 4.79 Å². The Hall–Kier alpha value is -1.40. The Bertz CT molecular complexity index is 642. The molecule has 0 aliphatic carbocycles. The molecule has 0 spiro atoms. The maximum absolute atomic E-state index is 12.3. The van der Waals surface area contributed by atoms with Gasteiger partial charge in [0.2, 0.25) is 0 Å². The van der Waals surface area contributed by atoms with Crippen molar-refractivity contribution >= 4 is 35.4 Å². The first-order valence-corrected chi connectivity index (χ1v) is 9.05. The van der Waals surface area contributed by atoms with E-state index in [9.17, 15) is 9.59 Å². The lowest BCUT2D eigenvalue weighted by Crippen LogP contribution is -2.33. The van der Waals surface area contributed by atoms with Crippen LogP contribution in [0.3, 0.4) is 0 Å². The molecule has 1 aromatic rings. The largest absolute Gasteiger partial charge is 0.469 e. The van der Waals surface area contributed by atoms with Crippen LogP contribution >= 0.6 is 23.4 Å². The van der Waals surface area contributed by atoms with Gasteiger partial charge in [-0.3, -0.25) is 9.69 Å². The van der Waals surface area contributed by atoms with E-state index in [1.54, 1.807) is 4.90 Å². The molecule has 0 N–H and O–H groups in total. The van der Waals surface area contributed by atoms with Crippen molar-refractivity contribution in [3.8, 4) is 0 Å². The number of hydrogen-bond acceptors (Lipinski definition) is 5. The van der Waals surface area contributed by atoms with Gasteiger partial charge >= 0.3 is 12.1 Å². The Morgan fingerprint density at radius 3 is 2.62 bits per heavy atom. The van der Waals surface area contributed by atoms with E-state index in [4.69, 9.17) is 16.3 Å². The predicted octanol–water partition coefficient (Wildman–Crippen LogP) is 4.25. The number of methoxy groups -OCH3 is 1. The normalized spacial score (nSPS) is 13.6. The minimum atomic E-state index is -0.526. The van der Waals surface area contributed by atoms with Gasteiger partial charge in [-0.1, -0.05) is 17.7 Å². The molecular formula is C17H22ClNO4S. The van der Waals surface area contributed by atoms with Crippen molar-refractivity contribution < 1.29 is 19.1 Å². The van der Waals surface area contributed by atoms with Crippen molar-refractivity contribution in [1.29, 1.82) is 0 Å². The maximum Gasteiger partial charge on any atom is 0.410 e. The fraction of sp³-hybridized carbons (Fsp3) is 0.529. The lowest BCUT2D eigenvalue weighted by molar-refractivity contribution is -0.140. The van der Waals surface area contributed by atoms with Gasteiger partial charge in [0.25, 0.3) is 0 Å². The van der Waals surface area contributed by atoms with Crippen molar-refractivity contribution in [2.24, 2.45) is 0 Å². The lowest BCUT2D eigenvalue weighted by atomic mass is 10.1. The third-order valence-corrected chi connectivity index (χ3v) is 5.04. The van der Waals surface area contributed by atoms with Gasteiger partial charge in [0.15, 0.2) is 0 Å². The summed E-state index contributed by atoms with van der Waals surface area (Å²) in [4.78, 5) is 26.1. The first-order valence-electron chi connectivity index (χ1n) is 7.69. The summed E-state index contributed by atoms with van der Waals surface area (Å²) in [5.74, 6) is 0.330. The quantitative estimate of drug-likeness (QED) is 0.585. The minimum absolute atomic E-state index is 0.249. The average molecular weight is 372 g/mol. The van der Waals surface area contributed by atoms with Crippen LogP contribution < -0.4 is 0 Å². The number of nitrogens with zero attached hydrogens (tertiary/aromatic N) is 1. The molecule has 0 bridgehead atoms. The Balaban J connectivity index is 2.09. The third-order valence-electron chi connectivity index (χ3n) is 3.45. The topological polar surface area (TPSA) is 55.8 Å². The van der Waals surface area contributed by atoms with Crippen molar-refractivity contribution in [2.45, 2.75) is 50.8 Å². The van der Waals surface area contributed by atoms with E-state index < -0.39 is 5.60 Å². The maximum atomic E-state index is 12.3. The number of ether oxygens (including phenoxy) is 2. The van der Waals surface area contributed by atoms with Crippen LogP contribution in [-0.4, -0.2) is 35.4 Å². The number of hydrogen-bond donors (Lipinski definition) is 0. The van der Waals surface area contributed by atoms with Crippen LogP contribution in [-0.2, 0) is 27.4 Å². The highest BCUT2D eigenvalue weighted by molar-refractivity contribution is 7.99. The van der Waals surface area contributed by atoms with E-state index in [2.05, 4.69) is 4.74 Å². The summed E-state index contributed by atoms with van der Waals surface area (Å²) in [6.07, 6.45) is -0.0166. The number of carbonyl (C=O) groups excluding carboxylic acids is 2. The average Bonchev–Trinajstić information content (AvgIpc) is 2.92. The highest BCUT2D eigenvalue weighted by Crippen LogP contribution is 2.38. The van der Waals surface area contributed by atoms with Crippen molar-refractivity contribution in [3.05, 3.63) is 28.3 Å². The molecule has 0 aromatic heterocycles. The first-order chi connectivity index (χ1) is 11.2. The summed E-state index contributed by atoms with van der Waals surface area (Å²) in [7, 11) is 1.37. The first kappa shape index (κ1) is 18.9. The van der Waals surface area contributed by atoms with E-state index in [1.165, 1.54) is 18.9 Å². The molecule has 0 fully saturated rings. The van der Waals surface area contributed by atoms with Gasteiger partial charge in [0.05, 0.1) is 25.1 Å². The fourth-order valence-electron chi connectivity index (χ4n) is 2.36. The lowest BCUT2D eigenvalue weighted by Gasteiger charge is -2.24. The molecule has 5 nitrogen and oxygen atoms in total. The number of amides is 1. The molecule has 2 rings (SSSR count). The molecule has 1 amide bonds. The molecule has 1 aliphatic heterocycles. The highest BCUT2D eigenvalue weighted by Gasteiger charge is 2.30. The van der Waals surface area contributed by atoms with Gasteiger partial charge in [-0.05, 0) is 38.0 Å². The van der Waals surface area contributed by atoms with Gasteiger partial charge in [0, 0.05) is 17.2 Å². The second-order valence-corrected chi connectivity index (χ2v) is 8.04. The number of thioether (sulfide) groups is 1. The monoisotopic (exact) mass is 371 g/mol. The van der Waals surface area contributed by atoms with Crippen molar-refractivity contribution in [3.63, 3.8) is 0 Å². The molecule has 1 heterocycles. The van der Waals surface area contributed by atoms with Crippen LogP contribution in [0.1, 0.15) is 38.3 Å². The zero-order valence-corrected chi connectivity index (χ0v) is 15.9. The van der Waals surface area contributed by atoms with E-state index in [0.717, 1.165) is 16.0 Å². The second-order valence-electron chi connectivity index (χ2n) is 6.53. The van der Waals surface area contributed by atoms with Crippen LogP contribution in [0.4, 0.5) is 4.79 Å². The van der Waals surface area contributed by atoms with Crippen LogP contribution in [0.15, 0.2) is 17.0 Å². The Kier molecular flexibility index (Phi) is 6.04. The van der Waals surface area contributed by atoms with E-state index in [1.807, 2.05) is 32.9 Å². The number of benzene rings is 1. The minimum Gasteiger partial charge on any atom is -0.469 e. The number of esters is 1. The van der Waals surface area contributed by atoms with E-state index >= 15 is 0 Å². The molecule has 24 heavy (non-hydrogen) atoms. The SMILES string of the molecule is COC(=O)CCSc1c(Cl)ccc2c1CN(C(=O)OC(C)(C)C)C2. The fourth-order valence-corrected chi connectivity index (χ4v) is 3.75. The van der Waals surface area contributed by atoms with Gasteiger partial charge in [-0.2, -0.15) is 0 Å². The summed E-state index contributed by atoms with van der Waals surface area (Å²) in [6, 6.07) is 3.77. The summed E-state index contributed by atoms with van der Waals surface area (Å²) >= 11 is 7.83. The van der Waals surface area contributed by atoms with Gasteiger partial charge < -0.3 is 9.47 Å². The van der Waals surface area contributed by atoms with Crippen LogP contribution in [0.25, 0.3) is 0 Å². The summed E-state index contributed by atoms with van der Waals surface area (Å²) in [6.45, 7) is 6.51. The molecule has 1 aromatic carbocycles. The Labute approximate surface area is 151 Å². The Morgan fingerprint density at radius 1 is 1.29 bits per heavy atom. The van der Waals surface area contributed by atoms with Crippen molar-refractivity contribution in [1.82, 2.24) is 4.90 Å². The molecule has 0 saturated carbocycles. The molecule has 132 valence electrons. The summed E-state index contributed by atoms with van der Waals surface area (Å²) in [5.41, 5.74) is 1.57. The smallest absolute Gasteiger partial charge is 0.410 e. The summed E-state index contributed by atoms with van der Waals surface area (Å²) in [5, 5.41) is 0.634. The zero-order valence-electron chi connectivity index (χ0n) is 14.3. The molecular weight excluding hydrogens is 350 g/mol.